The van der Waals surface area contributed by atoms with Crippen molar-refractivity contribution in [3.05, 3.63) is 71.9 Å². The van der Waals surface area contributed by atoms with Gasteiger partial charge >= 0.3 is 6.18 Å². The molecule has 1 aliphatic rings. The van der Waals surface area contributed by atoms with Crippen LogP contribution in [0.15, 0.2) is 60.7 Å². The molecule has 0 spiro atoms. The second-order valence-electron chi connectivity index (χ2n) is 8.33. The number of nitrogens with zero attached hydrogens (tertiary/aromatic N) is 4. The van der Waals surface area contributed by atoms with Gasteiger partial charge in [-0.2, -0.15) is 23.4 Å². The highest BCUT2D eigenvalue weighted by molar-refractivity contribution is 5.92. The molecule has 1 aliphatic carbocycles. The summed E-state index contributed by atoms with van der Waals surface area (Å²) in [4.78, 5) is 20.5. The molecule has 1 fully saturated rings. The van der Waals surface area contributed by atoms with Crippen molar-refractivity contribution in [3.8, 4) is 0 Å². The zero-order chi connectivity index (χ0) is 24.8. The standard InChI is InChI=1S/C25H25F3N6O/c1-2-21(16-5-7-17(8-6-16)24(35)33-19-4-3-11-29-14-19)22-12-20(15-31-34-22)32-23-10-9-18(13-30-23)25(26,27)28/h3-4,9-15,17H,2,5-8H2,1H3,(H,33,35)(H,30,32,34). The molecule has 0 saturated heterocycles. The van der Waals surface area contributed by atoms with Crippen molar-refractivity contribution in [1.29, 1.82) is 0 Å². The lowest BCUT2D eigenvalue weighted by molar-refractivity contribution is -0.137. The van der Waals surface area contributed by atoms with Crippen LogP contribution in [0.4, 0.5) is 30.4 Å². The van der Waals surface area contributed by atoms with Crippen LogP contribution < -0.4 is 10.6 Å². The fraction of sp³-hybridized carbons (Fsp3) is 0.320. The Morgan fingerprint density at radius 1 is 1.09 bits per heavy atom. The number of aromatic nitrogens is 4. The predicted molar refractivity (Wildman–Crippen MR) is 127 cm³/mol. The Morgan fingerprint density at radius 2 is 1.89 bits per heavy atom. The number of allylic oxidation sites excluding steroid dienone is 2. The van der Waals surface area contributed by atoms with E-state index in [-0.39, 0.29) is 17.6 Å². The molecule has 182 valence electrons. The molecule has 2 N–H and O–H groups in total. The normalized spacial score (nSPS) is 16.0. The van der Waals surface area contributed by atoms with Gasteiger partial charge < -0.3 is 10.6 Å². The van der Waals surface area contributed by atoms with Crippen LogP contribution >= 0.6 is 0 Å². The molecule has 35 heavy (non-hydrogen) atoms. The topological polar surface area (TPSA) is 92.7 Å². The summed E-state index contributed by atoms with van der Waals surface area (Å²) in [6.07, 6.45) is 4.95. The molecule has 0 bridgehead atoms. The number of halogens is 3. The summed E-state index contributed by atoms with van der Waals surface area (Å²) in [5, 5.41) is 14.3. The molecule has 0 unspecified atom stereocenters. The summed E-state index contributed by atoms with van der Waals surface area (Å²) < 4.78 is 38.3. The SMILES string of the molecule is CCC(=C1CCC(C(=O)Nc2cccnc2)CC1)c1cc(Nc2ccc(C(F)(F)F)cn2)cnn1. The van der Waals surface area contributed by atoms with Gasteiger partial charge in [0.1, 0.15) is 5.82 Å². The minimum Gasteiger partial charge on any atom is -0.339 e. The lowest BCUT2D eigenvalue weighted by Gasteiger charge is -2.25. The van der Waals surface area contributed by atoms with Crippen LogP contribution in [0.1, 0.15) is 50.3 Å². The van der Waals surface area contributed by atoms with E-state index in [1.807, 2.05) is 19.1 Å². The lowest BCUT2D eigenvalue weighted by atomic mass is 9.82. The molecule has 1 saturated carbocycles. The zero-order valence-electron chi connectivity index (χ0n) is 19.1. The number of alkyl halides is 3. The second-order valence-corrected chi connectivity index (χ2v) is 8.33. The van der Waals surface area contributed by atoms with E-state index in [2.05, 4.69) is 30.8 Å². The molecule has 0 aliphatic heterocycles. The van der Waals surface area contributed by atoms with Gasteiger partial charge in [-0.3, -0.25) is 9.78 Å². The Kier molecular flexibility index (Phi) is 7.38. The number of rotatable bonds is 6. The van der Waals surface area contributed by atoms with Crippen molar-refractivity contribution < 1.29 is 18.0 Å². The van der Waals surface area contributed by atoms with Gasteiger partial charge in [0.15, 0.2) is 0 Å². The quantitative estimate of drug-likeness (QED) is 0.446. The largest absolute Gasteiger partial charge is 0.417 e. The minimum atomic E-state index is -4.43. The van der Waals surface area contributed by atoms with Gasteiger partial charge in [0.25, 0.3) is 0 Å². The van der Waals surface area contributed by atoms with Crippen LogP contribution in [-0.4, -0.2) is 26.1 Å². The van der Waals surface area contributed by atoms with Gasteiger partial charge in [0, 0.05) is 18.3 Å². The minimum absolute atomic E-state index is 0.00475. The maximum Gasteiger partial charge on any atom is 0.417 e. The molecule has 3 heterocycles. The van der Waals surface area contributed by atoms with Gasteiger partial charge in [-0.1, -0.05) is 12.5 Å². The van der Waals surface area contributed by atoms with Crippen LogP contribution in [-0.2, 0) is 11.0 Å². The van der Waals surface area contributed by atoms with Gasteiger partial charge in [-0.05, 0) is 68.0 Å². The van der Waals surface area contributed by atoms with Crippen LogP contribution in [0.5, 0.6) is 0 Å². The van der Waals surface area contributed by atoms with Gasteiger partial charge in [0.05, 0.1) is 35.0 Å². The molecule has 1 amide bonds. The first-order valence-electron chi connectivity index (χ1n) is 11.4. The van der Waals surface area contributed by atoms with E-state index < -0.39 is 11.7 Å². The smallest absolute Gasteiger partial charge is 0.339 e. The number of amides is 1. The van der Waals surface area contributed by atoms with Gasteiger partial charge in [-0.25, -0.2) is 4.98 Å². The van der Waals surface area contributed by atoms with Crippen molar-refractivity contribution in [2.45, 2.75) is 45.2 Å². The average Bonchev–Trinajstić information content (AvgIpc) is 2.86. The highest BCUT2D eigenvalue weighted by Crippen LogP contribution is 2.35. The first-order valence-corrected chi connectivity index (χ1v) is 11.4. The van der Waals surface area contributed by atoms with Crippen molar-refractivity contribution in [1.82, 2.24) is 20.2 Å². The third kappa shape index (κ3) is 6.20. The Balaban J connectivity index is 1.43. The van der Waals surface area contributed by atoms with Crippen LogP contribution in [0, 0.1) is 5.92 Å². The molecule has 3 aromatic rings. The molecular weight excluding hydrogens is 457 g/mol. The van der Waals surface area contributed by atoms with Crippen molar-refractivity contribution in [2.75, 3.05) is 10.6 Å². The monoisotopic (exact) mass is 482 g/mol. The summed E-state index contributed by atoms with van der Waals surface area (Å²) in [5.74, 6) is 0.217. The summed E-state index contributed by atoms with van der Waals surface area (Å²) >= 11 is 0. The Morgan fingerprint density at radius 3 is 2.51 bits per heavy atom. The number of carbonyl (C=O) groups excluding carboxylic acids is 1. The predicted octanol–water partition coefficient (Wildman–Crippen LogP) is 6.02. The molecule has 4 rings (SSSR count). The van der Waals surface area contributed by atoms with Crippen LogP contribution in [0.3, 0.4) is 0 Å². The average molecular weight is 483 g/mol. The van der Waals surface area contributed by atoms with E-state index in [4.69, 9.17) is 0 Å². The zero-order valence-corrected chi connectivity index (χ0v) is 19.1. The summed E-state index contributed by atoms with van der Waals surface area (Å²) in [7, 11) is 0. The van der Waals surface area contributed by atoms with Crippen LogP contribution in [0.25, 0.3) is 5.57 Å². The summed E-state index contributed by atoms with van der Waals surface area (Å²) in [6.45, 7) is 2.04. The van der Waals surface area contributed by atoms with E-state index in [0.29, 0.717) is 17.1 Å². The number of hydrogen-bond donors (Lipinski definition) is 2. The van der Waals surface area contributed by atoms with Crippen molar-refractivity contribution in [3.63, 3.8) is 0 Å². The molecular formula is C25H25F3N6O. The van der Waals surface area contributed by atoms with Gasteiger partial charge in [0.2, 0.25) is 5.91 Å². The maximum atomic E-state index is 12.8. The van der Waals surface area contributed by atoms with E-state index in [1.165, 1.54) is 17.8 Å². The Labute approximate surface area is 200 Å². The first-order chi connectivity index (χ1) is 16.8. The number of hydrogen-bond acceptors (Lipinski definition) is 6. The fourth-order valence-corrected chi connectivity index (χ4v) is 4.19. The molecule has 3 aromatic heterocycles. The molecule has 0 radical (unpaired) electrons. The van der Waals surface area contributed by atoms with Crippen molar-refractivity contribution >= 4 is 28.7 Å². The number of nitrogens with one attached hydrogen (secondary N) is 2. The molecule has 10 heteroatoms. The van der Waals surface area contributed by atoms with E-state index in [1.54, 1.807) is 18.5 Å². The van der Waals surface area contributed by atoms with Crippen LogP contribution in [0.2, 0.25) is 0 Å². The highest BCUT2D eigenvalue weighted by atomic mass is 19.4. The Bertz CT molecular complexity index is 1190. The number of pyridine rings is 2. The van der Waals surface area contributed by atoms with E-state index in [9.17, 15) is 18.0 Å². The lowest BCUT2D eigenvalue weighted by Crippen LogP contribution is -2.25. The number of anilines is 3. The van der Waals surface area contributed by atoms with E-state index in [0.717, 1.165) is 49.9 Å². The second kappa shape index (κ2) is 10.6. The summed E-state index contributed by atoms with van der Waals surface area (Å²) in [5.41, 5.74) is 3.50. The molecule has 7 nitrogen and oxygen atoms in total. The Hall–Kier alpha value is -3.82. The molecule has 0 atom stereocenters. The third-order valence-corrected chi connectivity index (χ3v) is 6.00. The maximum absolute atomic E-state index is 12.8. The van der Waals surface area contributed by atoms with Gasteiger partial charge in [-0.15, -0.1) is 0 Å². The van der Waals surface area contributed by atoms with E-state index >= 15 is 0 Å². The number of carbonyl (C=O) groups is 1. The van der Waals surface area contributed by atoms with Crippen molar-refractivity contribution in [2.24, 2.45) is 5.92 Å². The fourth-order valence-electron chi connectivity index (χ4n) is 4.19. The third-order valence-electron chi connectivity index (χ3n) is 6.00. The summed E-state index contributed by atoms with van der Waals surface area (Å²) in [6, 6.07) is 7.67. The highest BCUT2D eigenvalue weighted by Gasteiger charge is 2.30. The molecule has 0 aromatic carbocycles. The first kappa shape index (κ1) is 24.3.